The van der Waals surface area contributed by atoms with Crippen LogP contribution in [0.25, 0.3) is 10.9 Å². The van der Waals surface area contributed by atoms with Gasteiger partial charge in [0.05, 0.1) is 17.3 Å². The first-order valence-corrected chi connectivity index (χ1v) is 5.41. The summed E-state index contributed by atoms with van der Waals surface area (Å²) < 4.78 is 0. The van der Waals surface area contributed by atoms with Gasteiger partial charge < -0.3 is 21.1 Å². The minimum atomic E-state index is -0.562. The Labute approximate surface area is 98.6 Å². The molecule has 5 nitrogen and oxygen atoms in total. The summed E-state index contributed by atoms with van der Waals surface area (Å²) in [7, 11) is 0. The molecule has 0 fully saturated rings. The third-order valence-electron chi connectivity index (χ3n) is 2.49. The van der Waals surface area contributed by atoms with Crippen LogP contribution in [0.4, 0.5) is 5.69 Å². The topological polar surface area (TPSA) is 91.1 Å². The van der Waals surface area contributed by atoms with Crippen LogP contribution in [0, 0.1) is 0 Å². The largest absolute Gasteiger partial charge is 0.397 e. The number of fused-ring (bicyclic) bond motifs is 1. The highest BCUT2D eigenvalue weighted by Crippen LogP contribution is 2.20. The summed E-state index contributed by atoms with van der Waals surface area (Å²) in [6, 6.07) is 7.23. The highest BCUT2D eigenvalue weighted by Gasteiger charge is 2.10. The fourth-order valence-electron chi connectivity index (χ4n) is 1.64. The Morgan fingerprint density at radius 1 is 1.59 bits per heavy atom. The van der Waals surface area contributed by atoms with Crippen LogP contribution in [0.2, 0.25) is 0 Å². The Bertz CT molecular complexity index is 546. The summed E-state index contributed by atoms with van der Waals surface area (Å²) >= 11 is 0. The van der Waals surface area contributed by atoms with E-state index in [4.69, 9.17) is 10.8 Å². The molecule has 5 heteroatoms. The minimum Gasteiger partial charge on any atom is -0.397 e. The van der Waals surface area contributed by atoms with Crippen molar-refractivity contribution in [2.75, 3.05) is 12.3 Å². The number of rotatable bonds is 3. The zero-order valence-corrected chi connectivity index (χ0v) is 9.53. The third kappa shape index (κ3) is 2.39. The molecule has 1 heterocycles. The monoisotopic (exact) mass is 233 g/mol. The van der Waals surface area contributed by atoms with Crippen LogP contribution < -0.4 is 11.1 Å². The predicted molar refractivity (Wildman–Crippen MR) is 66.7 cm³/mol. The standard InChI is InChI=1S/C12H15N3O2/c1-7(16)6-14-12(17)10-5-8-3-2-4-9(13)11(8)15-10/h2-5,7,15-16H,6,13H2,1H3,(H,14,17). The van der Waals surface area contributed by atoms with Crippen LogP contribution in [-0.2, 0) is 0 Å². The highest BCUT2D eigenvalue weighted by atomic mass is 16.3. The second-order valence-electron chi connectivity index (χ2n) is 4.05. The van der Waals surface area contributed by atoms with E-state index in [1.807, 2.05) is 12.1 Å². The van der Waals surface area contributed by atoms with E-state index in [0.717, 1.165) is 10.9 Å². The first kappa shape index (κ1) is 11.5. The first-order valence-electron chi connectivity index (χ1n) is 5.41. The number of hydrogen-bond donors (Lipinski definition) is 4. The maximum Gasteiger partial charge on any atom is 0.267 e. The zero-order valence-electron chi connectivity index (χ0n) is 9.53. The van der Waals surface area contributed by atoms with Crippen molar-refractivity contribution in [1.82, 2.24) is 10.3 Å². The van der Waals surface area contributed by atoms with Gasteiger partial charge >= 0.3 is 0 Å². The zero-order chi connectivity index (χ0) is 12.4. The van der Waals surface area contributed by atoms with Crippen LogP contribution in [-0.4, -0.2) is 28.6 Å². The molecular formula is C12H15N3O2. The molecule has 1 aromatic carbocycles. The van der Waals surface area contributed by atoms with Crippen molar-refractivity contribution in [2.45, 2.75) is 13.0 Å². The van der Waals surface area contributed by atoms with Gasteiger partial charge in [-0.25, -0.2) is 0 Å². The molecule has 1 atom stereocenters. The number of anilines is 1. The Morgan fingerprint density at radius 2 is 2.35 bits per heavy atom. The number of hydrogen-bond acceptors (Lipinski definition) is 3. The molecule has 0 bridgehead atoms. The summed E-state index contributed by atoms with van der Waals surface area (Å²) in [6.45, 7) is 1.84. The number of carbonyl (C=O) groups is 1. The lowest BCUT2D eigenvalue weighted by atomic mass is 10.2. The highest BCUT2D eigenvalue weighted by molar-refractivity contribution is 6.00. The Kier molecular flexibility index (Phi) is 3.01. The number of amides is 1. The van der Waals surface area contributed by atoms with Crippen molar-refractivity contribution in [1.29, 1.82) is 0 Å². The summed E-state index contributed by atoms with van der Waals surface area (Å²) in [5.41, 5.74) is 7.60. The Morgan fingerprint density at radius 3 is 3.00 bits per heavy atom. The molecule has 0 aliphatic heterocycles. The van der Waals surface area contributed by atoms with E-state index in [1.165, 1.54) is 0 Å². The molecule has 1 amide bonds. The smallest absolute Gasteiger partial charge is 0.267 e. The fraction of sp³-hybridized carbons (Fsp3) is 0.250. The molecule has 0 saturated carbocycles. The molecule has 1 unspecified atom stereocenters. The molecule has 0 saturated heterocycles. The van der Waals surface area contributed by atoms with Crippen molar-refractivity contribution >= 4 is 22.5 Å². The Hall–Kier alpha value is -2.01. The summed E-state index contributed by atoms with van der Waals surface area (Å²) in [6.07, 6.45) is -0.562. The van der Waals surface area contributed by atoms with E-state index < -0.39 is 6.10 Å². The fourth-order valence-corrected chi connectivity index (χ4v) is 1.64. The number of aliphatic hydroxyl groups excluding tert-OH is 1. The normalized spacial score (nSPS) is 12.6. The maximum atomic E-state index is 11.7. The van der Waals surface area contributed by atoms with Crippen LogP contribution in [0.1, 0.15) is 17.4 Å². The van der Waals surface area contributed by atoms with Gasteiger partial charge in [-0.3, -0.25) is 4.79 Å². The average molecular weight is 233 g/mol. The molecule has 0 aliphatic carbocycles. The maximum absolute atomic E-state index is 11.7. The summed E-state index contributed by atoms with van der Waals surface area (Å²) in [5, 5.41) is 12.6. The second kappa shape index (κ2) is 4.47. The first-order chi connectivity index (χ1) is 8.08. The molecule has 2 rings (SSSR count). The molecule has 0 aliphatic rings. The molecule has 2 aromatic rings. The van der Waals surface area contributed by atoms with Crippen LogP contribution >= 0.6 is 0 Å². The molecule has 5 N–H and O–H groups in total. The summed E-state index contributed by atoms with van der Waals surface area (Å²) in [5.74, 6) is -0.249. The van der Waals surface area contributed by atoms with Gasteiger partial charge in [-0.1, -0.05) is 12.1 Å². The number of aromatic nitrogens is 1. The van der Waals surface area contributed by atoms with Crippen LogP contribution in [0.5, 0.6) is 0 Å². The lowest BCUT2D eigenvalue weighted by Crippen LogP contribution is -2.30. The van der Waals surface area contributed by atoms with Crippen LogP contribution in [0.15, 0.2) is 24.3 Å². The van der Waals surface area contributed by atoms with E-state index in [2.05, 4.69) is 10.3 Å². The van der Waals surface area contributed by atoms with Crippen molar-refractivity contribution in [3.8, 4) is 0 Å². The van der Waals surface area contributed by atoms with Gasteiger partial charge in [0.15, 0.2) is 0 Å². The van der Waals surface area contributed by atoms with Crippen molar-refractivity contribution in [2.24, 2.45) is 0 Å². The number of nitrogen functional groups attached to an aromatic ring is 1. The average Bonchev–Trinajstić information content (AvgIpc) is 2.71. The number of benzene rings is 1. The van der Waals surface area contributed by atoms with Gasteiger partial charge in [0, 0.05) is 11.9 Å². The van der Waals surface area contributed by atoms with Crippen molar-refractivity contribution < 1.29 is 9.90 Å². The van der Waals surface area contributed by atoms with E-state index >= 15 is 0 Å². The number of nitrogens with two attached hydrogens (primary N) is 1. The number of H-pyrrole nitrogens is 1. The summed E-state index contributed by atoms with van der Waals surface area (Å²) in [4.78, 5) is 14.7. The third-order valence-corrected chi connectivity index (χ3v) is 2.49. The van der Waals surface area contributed by atoms with E-state index in [0.29, 0.717) is 11.4 Å². The molecular weight excluding hydrogens is 218 g/mol. The molecule has 0 spiro atoms. The van der Waals surface area contributed by atoms with Crippen molar-refractivity contribution in [3.05, 3.63) is 30.0 Å². The number of para-hydroxylation sites is 1. The van der Waals surface area contributed by atoms with E-state index in [9.17, 15) is 4.79 Å². The van der Waals surface area contributed by atoms with Crippen LogP contribution in [0.3, 0.4) is 0 Å². The predicted octanol–water partition coefficient (Wildman–Crippen LogP) is 0.861. The van der Waals surface area contributed by atoms with Gasteiger partial charge in [0.1, 0.15) is 5.69 Å². The Balaban J connectivity index is 2.24. The van der Waals surface area contributed by atoms with Crippen molar-refractivity contribution in [3.63, 3.8) is 0 Å². The number of carbonyl (C=O) groups excluding carboxylic acids is 1. The minimum absolute atomic E-state index is 0.226. The molecule has 1 aromatic heterocycles. The quantitative estimate of drug-likeness (QED) is 0.592. The lowest BCUT2D eigenvalue weighted by Gasteiger charge is -2.05. The van der Waals surface area contributed by atoms with E-state index in [-0.39, 0.29) is 12.5 Å². The lowest BCUT2D eigenvalue weighted by molar-refractivity contribution is 0.0920. The molecule has 0 radical (unpaired) electrons. The van der Waals surface area contributed by atoms with E-state index in [1.54, 1.807) is 19.1 Å². The molecule has 90 valence electrons. The second-order valence-corrected chi connectivity index (χ2v) is 4.05. The van der Waals surface area contributed by atoms with Gasteiger partial charge in [-0.05, 0) is 19.1 Å². The van der Waals surface area contributed by atoms with Gasteiger partial charge in [-0.2, -0.15) is 0 Å². The number of nitrogens with one attached hydrogen (secondary N) is 2. The molecule has 17 heavy (non-hydrogen) atoms. The van der Waals surface area contributed by atoms with Gasteiger partial charge in [0.2, 0.25) is 0 Å². The SMILES string of the molecule is CC(O)CNC(=O)c1cc2cccc(N)c2[nH]1. The van der Waals surface area contributed by atoms with Gasteiger partial charge in [-0.15, -0.1) is 0 Å². The van der Waals surface area contributed by atoms with Gasteiger partial charge in [0.25, 0.3) is 5.91 Å². The number of aliphatic hydroxyl groups is 1. The number of aromatic amines is 1.